The molecule has 0 aliphatic carbocycles. The third kappa shape index (κ3) is 3.42. The Morgan fingerprint density at radius 2 is 2.17 bits per heavy atom. The standard InChI is InChI=1S/C17H25N3O3S/c1-12-10-14(20-8-3-9-24(20,22)23)4-5-15(12)17(21)19-16-6-7-18-11-13(16)2/h4-5,10,13,16,18H,3,6-9,11H2,1-2H3,(H,19,21). The summed E-state index contributed by atoms with van der Waals surface area (Å²) >= 11 is 0. The molecule has 2 aliphatic rings. The van der Waals surface area contributed by atoms with Crippen molar-refractivity contribution in [1.29, 1.82) is 0 Å². The van der Waals surface area contributed by atoms with Crippen LogP contribution in [0.2, 0.25) is 0 Å². The largest absolute Gasteiger partial charge is 0.349 e. The van der Waals surface area contributed by atoms with Gasteiger partial charge in [0.15, 0.2) is 0 Å². The first-order valence-electron chi connectivity index (χ1n) is 8.51. The predicted molar refractivity (Wildman–Crippen MR) is 94.8 cm³/mol. The van der Waals surface area contributed by atoms with Gasteiger partial charge in [0.1, 0.15) is 0 Å². The summed E-state index contributed by atoms with van der Waals surface area (Å²) in [6.45, 7) is 6.33. The number of benzene rings is 1. The molecular formula is C17H25N3O3S. The van der Waals surface area contributed by atoms with Gasteiger partial charge in [-0.05, 0) is 62.5 Å². The van der Waals surface area contributed by atoms with Gasteiger partial charge in [-0.25, -0.2) is 8.42 Å². The van der Waals surface area contributed by atoms with Crippen LogP contribution in [0.15, 0.2) is 18.2 Å². The van der Waals surface area contributed by atoms with E-state index in [4.69, 9.17) is 0 Å². The van der Waals surface area contributed by atoms with Crippen LogP contribution in [-0.2, 0) is 10.0 Å². The summed E-state index contributed by atoms with van der Waals surface area (Å²) in [6.07, 6.45) is 1.58. The first-order chi connectivity index (χ1) is 11.4. The number of hydrogen-bond donors (Lipinski definition) is 2. The topological polar surface area (TPSA) is 78.5 Å². The Kier molecular flexibility index (Phi) is 4.83. The number of nitrogens with zero attached hydrogens (tertiary/aromatic N) is 1. The van der Waals surface area contributed by atoms with E-state index in [0.717, 1.165) is 25.1 Å². The third-order valence-electron chi connectivity index (χ3n) is 4.94. The zero-order chi connectivity index (χ0) is 17.3. The van der Waals surface area contributed by atoms with Crippen LogP contribution in [0, 0.1) is 12.8 Å². The number of nitrogens with one attached hydrogen (secondary N) is 2. The molecular weight excluding hydrogens is 326 g/mol. The summed E-state index contributed by atoms with van der Waals surface area (Å²) in [5.41, 5.74) is 2.06. The second-order valence-electron chi connectivity index (χ2n) is 6.79. The first-order valence-corrected chi connectivity index (χ1v) is 10.1. The van der Waals surface area contributed by atoms with E-state index < -0.39 is 10.0 Å². The zero-order valence-electron chi connectivity index (χ0n) is 14.2. The van der Waals surface area contributed by atoms with Gasteiger partial charge in [-0.1, -0.05) is 6.92 Å². The van der Waals surface area contributed by atoms with Crippen molar-refractivity contribution in [2.45, 2.75) is 32.7 Å². The van der Waals surface area contributed by atoms with E-state index in [0.29, 0.717) is 30.1 Å². The van der Waals surface area contributed by atoms with Crippen molar-refractivity contribution in [3.05, 3.63) is 29.3 Å². The lowest BCUT2D eigenvalue weighted by Gasteiger charge is -2.30. The van der Waals surface area contributed by atoms with Crippen molar-refractivity contribution < 1.29 is 13.2 Å². The first kappa shape index (κ1) is 17.2. The molecule has 2 saturated heterocycles. The van der Waals surface area contributed by atoms with Crippen molar-refractivity contribution in [1.82, 2.24) is 10.6 Å². The fourth-order valence-corrected chi connectivity index (χ4v) is 5.02. The Morgan fingerprint density at radius 3 is 2.79 bits per heavy atom. The second-order valence-corrected chi connectivity index (χ2v) is 8.80. The maximum absolute atomic E-state index is 12.6. The summed E-state index contributed by atoms with van der Waals surface area (Å²) < 4.78 is 25.5. The minimum Gasteiger partial charge on any atom is -0.349 e. The van der Waals surface area contributed by atoms with Gasteiger partial charge in [0.05, 0.1) is 11.4 Å². The number of anilines is 1. The normalized spacial score (nSPS) is 26.3. The van der Waals surface area contributed by atoms with Gasteiger partial charge in [-0.15, -0.1) is 0 Å². The Morgan fingerprint density at radius 1 is 1.38 bits per heavy atom. The van der Waals surface area contributed by atoms with Gasteiger partial charge in [0, 0.05) is 18.2 Å². The molecule has 3 rings (SSSR count). The van der Waals surface area contributed by atoms with Crippen LogP contribution in [-0.4, -0.2) is 45.8 Å². The van der Waals surface area contributed by atoms with E-state index in [-0.39, 0.29) is 17.7 Å². The average molecular weight is 351 g/mol. The summed E-state index contributed by atoms with van der Waals surface area (Å²) in [5, 5.41) is 6.44. The van der Waals surface area contributed by atoms with Gasteiger partial charge >= 0.3 is 0 Å². The lowest BCUT2D eigenvalue weighted by Crippen LogP contribution is -2.48. The molecule has 24 heavy (non-hydrogen) atoms. The van der Waals surface area contributed by atoms with E-state index in [1.165, 1.54) is 4.31 Å². The van der Waals surface area contributed by atoms with Crippen molar-refractivity contribution >= 4 is 21.6 Å². The molecule has 132 valence electrons. The summed E-state index contributed by atoms with van der Waals surface area (Å²) in [5.74, 6) is 0.515. The molecule has 1 aromatic rings. The number of rotatable bonds is 3. The molecule has 2 atom stereocenters. The van der Waals surface area contributed by atoms with Gasteiger partial charge in [0.25, 0.3) is 5.91 Å². The number of piperidine rings is 1. The fourth-order valence-electron chi connectivity index (χ4n) is 3.46. The minimum absolute atomic E-state index is 0.0814. The Balaban J connectivity index is 1.76. The van der Waals surface area contributed by atoms with Gasteiger partial charge in [-0.3, -0.25) is 9.10 Å². The number of aryl methyl sites for hydroxylation is 1. The highest BCUT2D eigenvalue weighted by Gasteiger charge is 2.29. The molecule has 0 radical (unpaired) electrons. The molecule has 2 fully saturated rings. The molecule has 2 unspecified atom stereocenters. The lowest BCUT2D eigenvalue weighted by molar-refractivity contribution is 0.0913. The second kappa shape index (κ2) is 6.72. The molecule has 1 aromatic carbocycles. The number of carbonyl (C=O) groups is 1. The Labute approximate surface area is 143 Å². The van der Waals surface area contributed by atoms with Crippen molar-refractivity contribution in [3.63, 3.8) is 0 Å². The van der Waals surface area contributed by atoms with Crippen LogP contribution in [0.25, 0.3) is 0 Å². The van der Waals surface area contributed by atoms with E-state index in [1.807, 2.05) is 6.92 Å². The van der Waals surface area contributed by atoms with Gasteiger partial charge < -0.3 is 10.6 Å². The smallest absolute Gasteiger partial charge is 0.251 e. The van der Waals surface area contributed by atoms with Crippen LogP contribution < -0.4 is 14.9 Å². The van der Waals surface area contributed by atoms with E-state index >= 15 is 0 Å². The van der Waals surface area contributed by atoms with E-state index in [1.54, 1.807) is 18.2 Å². The Bertz CT molecular complexity index is 733. The maximum Gasteiger partial charge on any atom is 0.251 e. The summed E-state index contributed by atoms with van der Waals surface area (Å²) in [4.78, 5) is 12.6. The van der Waals surface area contributed by atoms with Crippen molar-refractivity contribution in [3.8, 4) is 0 Å². The van der Waals surface area contributed by atoms with Crippen LogP contribution in [0.1, 0.15) is 35.7 Å². The quantitative estimate of drug-likeness (QED) is 0.859. The Hall–Kier alpha value is -1.60. The van der Waals surface area contributed by atoms with Crippen molar-refractivity contribution in [2.24, 2.45) is 5.92 Å². The SMILES string of the molecule is Cc1cc(N2CCCS2(=O)=O)ccc1C(=O)NC1CCNCC1C. The fraction of sp³-hybridized carbons (Fsp3) is 0.588. The molecule has 0 saturated carbocycles. The highest BCUT2D eigenvalue weighted by Crippen LogP contribution is 2.26. The molecule has 0 spiro atoms. The highest BCUT2D eigenvalue weighted by molar-refractivity contribution is 7.93. The molecule has 0 aromatic heterocycles. The molecule has 2 aliphatic heterocycles. The van der Waals surface area contributed by atoms with Crippen LogP contribution in [0.5, 0.6) is 0 Å². The highest BCUT2D eigenvalue weighted by atomic mass is 32.2. The maximum atomic E-state index is 12.6. The van der Waals surface area contributed by atoms with Gasteiger partial charge in [-0.2, -0.15) is 0 Å². The van der Waals surface area contributed by atoms with E-state index in [2.05, 4.69) is 17.6 Å². The van der Waals surface area contributed by atoms with E-state index in [9.17, 15) is 13.2 Å². The minimum atomic E-state index is -3.19. The lowest BCUT2D eigenvalue weighted by atomic mass is 9.94. The molecule has 0 bridgehead atoms. The van der Waals surface area contributed by atoms with Crippen LogP contribution in [0.3, 0.4) is 0 Å². The summed E-state index contributed by atoms with van der Waals surface area (Å²) in [7, 11) is -3.19. The molecule has 7 heteroatoms. The van der Waals surface area contributed by atoms with Gasteiger partial charge in [0.2, 0.25) is 10.0 Å². The number of carbonyl (C=O) groups excluding carboxylic acids is 1. The molecule has 1 amide bonds. The number of hydrogen-bond acceptors (Lipinski definition) is 4. The molecule has 6 nitrogen and oxygen atoms in total. The molecule has 2 heterocycles. The number of amides is 1. The third-order valence-corrected chi connectivity index (χ3v) is 6.81. The van der Waals surface area contributed by atoms with Crippen LogP contribution in [0.4, 0.5) is 5.69 Å². The van der Waals surface area contributed by atoms with Crippen molar-refractivity contribution in [2.75, 3.05) is 29.7 Å². The van der Waals surface area contributed by atoms with Crippen LogP contribution >= 0.6 is 0 Å². The average Bonchev–Trinajstić information content (AvgIpc) is 2.88. The summed E-state index contributed by atoms with van der Waals surface area (Å²) in [6, 6.07) is 5.44. The predicted octanol–water partition coefficient (Wildman–Crippen LogP) is 1.26. The molecule has 2 N–H and O–H groups in total. The number of sulfonamides is 1. The zero-order valence-corrected chi connectivity index (χ0v) is 15.0. The monoisotopic (exact) mass is 351 g/mol.